The van der Waals surface area contributed by atoms with Gasteiger partial charge in [-0.1, -0.05) is 32.1 Å². The summed E-state index contributed by atoms with van der Waals surface area (Å²) < 4.78 is 0. The predicted molar refractivity (Wildman–Crippen MR) is 75.1 cm³/mol. The SMILES string of the molecule is Cc1nc(CCCCCCCCCC(=O)O)cs1. The zero-order valence-corrected chi connectivity index (χ0v) is 12.0. The monoisotopic (exact) mass is 269 g/mol. The maximum Gasteiger partial charge on any atom is 0.303 e. The molecule has 0 bridgehead atoms. The third-order valence-corrected chi connectivity index (χ3v) is 3.81. The minimum absolute atomic E-state index is 0.323. The minimum Gasteiger partial charge on any atom is -0.481 e. The maximum absolute atomic E-state index is 10.3. The van der Waals surface area contributed by atoms with Crippen LogP contribution >= 0.6 is 11.3 Å². The molecule has 1 aromatic rings. The number of aryl methyl sites for hydroxylation is 2. The Morgan fingerprint density at radius 1 is 1.17 bits per heavy atom. The molecule has 1 heterocycles. The number of nitrogens with zero attached hydrogens (tertiary/aromatic N) is 1. The van der Waals surface area contributed by atoms with E-state index in [2.05, 4.69) is 10.4 Å². The topological polar surface area (TPSA) is 50.2 Å². The molecule has 0 radical (unpaired) electrons. The first-order valence-corrected chi connectivity index (χ1v) is 7.69. The second kappa shape index (κ2) is 9.09. The summed E-state index contributed by atoms with van der Waals surface area (Å²) in [6, 6.07) is 0. The molecule has 0 saturated heterocycles. The summed E-state index contributed by atoms with van der Waals surface area (Å²) in [7, 11) is 0. The number of hydrogen-bond acceptors (Lipinski definition) is 3. The molecular weight excluding hydrogens is 246 g/mol. The molecule has 0 fully saturated rings. The van der Waals surface area contributed by atoms with E-state index in [1.54, 1.807) is 11.3 Å². The van der Waals surface area contributed by atoms with Gasteiger partial charge in [0.05, 0.1) is 10.7 Å². The molecule has 1 N–H and O–H groups in total. The van der Waals surface area contributed by atoms with E-state index in [1.807, 2.05) is 6.92 Å². The van der Waals surface area contributed by atoms with Gasteiger partial charge in [-0.3, -0.25) is 4.79 Å². The Kier molecular flexibility index (Phi) is 7.65. The lowest BCUT2D eigenvalue weighted by Crippen LogP contribution is -1.93. The van der Waals surface area contributed by atoms with Crippen molar-refractivity contribution in [2.24, 2.45) is 0 Å². The Balaban J connectivity index is 1.85. The highest BCUT2D eigenvalue weighted by molar-refractivity contribution is 7.09. The number of unbranched alkanes of at least 4 members (excludes halogenated alkanes) is 6. The van der Waals surface area contributed by atoms with E-state index >= 15 is 0 Å². The molecule has 18 heavy (non-hydrogen) atoms. The normalized spacial score (nSPS) is 10.7. The number of hydrogen-bond donors (Lipinski definition) is 1. The van der Waals surface area contributed by atoms with Crippen molar-refractivity contribution >= 4 is 17.3 Å². The van der Waals surface area contributed by atoms with Crippen molar-refractivity contribution < 1.29 is 9.90 Å². The lowest BCUT2D eigenvalue weighted by Gasteiger charge is -2.00. The van der Waals surface area contributed by atoms with Crippen molar-refractivity contribution in [3.05, 3.63) is 16.1 Å². The zero-order chi connectivity index (χ0) is 13.2. The molecule has 0 aliphatic heterocycles. The summed E-state index contributed by atoms with van der Waals surface area (Å²) in [6.45, 7) is 2.05. The Morgan fingerprint density at radius 3 is 2.33 bits per heavy atom. The van der Waals surface area contributed by atoms with Crippen molar-refractivity contribution in [1.82, 2.24) is 4.98 Å². The Labute approximate surface area is 113 Å². The molecule has 1 rings (SSSR count). The molecule has 0 aromatic carbocycles. The molecule has 102 valence electrons. The molecule has 0 aliphatic carbocycles. The van der Waals surface area contributed by atoms with Gasteiger partial charge in [-0.05, 0) is 26.2 Å². The lowest BCUT2D eigenvalue weighted by molar-refractivity contribution is -0.137. The fourth-order valence-electron chi connectivity index (χ4n) is 1.99. The first-order chi connectivity index (χ1) is 8.68. The van der Waals surface area contributed by atoms with Gasteiger partial charge in [-0.15, -0.1) is 11.3 Å². The van der Waals surface area contributed by atoms with E-state index in [1.165, 1.54) is 37.8 Å². The van der Waals surface area contributed by atoms with Crippen molar-refractivity contribution in [1.29, 1.82) is 0 Å². The van der Waals surface area contributed by atoms with Crippen LogP contribution in [0.1, 0.15) is 62.1 Å². The fraction of sp³-hybridized carbons (Fsp3) is 0.714. The number of thiazole rings is 1. The molecule has 4 heteroatoms. The Hall–Kier alpha value is -0.900. The molecular formula is C14H23NO2S. The van der Waals surface area contributed by atoms with Gasteiger partial charge < -0.3 is 5.11 Å². The van der Waals surface area contributed by atoms with Crippen LogP contribution in [0.25, 0.3) is 0 Å². The van der Waals surface area contributed by atoms with Gasteiger partial charge >= 0.3 is 5.97 Å². The first-order valence-electron chi connectivity index (χ1n) is 6.81. The molecule has 0 unspecified atom stereocenters. The summed E-state index contributed by atoms with van der Waals surface area (Å²) in [5.74, 6) is -0.673. The van der Waals surface area contributed by atoms with Gasteiger partial charge in [0, 0.05) is 11.8 Å². The van der Waals surface area contributed by atoms with Crippen LogP contribution in [0.2, 0.25) is 0 Å². The number of carboxylic acid groups (broad SMARTS) is 1. The largest absolute Gasteiger partial charge is 0.481 e. The van der Waals surface area contributed by atoms with E-state index in [-0.39, 0.29) is 0 Å². The van der Waals surface area contributed by atoms with Crippen LogP contribution in [-0.2, 0) is 11.2 Å². The highest BCUT2D eigenvalue weighted by Crippen LogP contribution is 2.13. The zero-order valence-electron chi connectivity index (χ0n) is 11.2. The van der Waals surface area contributed by atoms with Gasteiger partial charge in [0.15, 0.2) is 0 Å². The number of rotatable bonds is 10. The summed E-state index contributed by atoms with van der Waals surface area (Å²) in [4.78, 5) is 14.8. The number of aromatic nitrogens is 1. The number of carbonyl (C=O) groups is 1. The van der Waals surface area contributed by atoms with Crippen LogP contribution < -0.4 is 0 Å². The molecule has 3 nitrogen and oxygen atoms in total. The average Bonchev–Trinajstić information content (AvgIpc) is 2.72. The van der Waals surface area contributed by atoms with Crippen LogP contribution in [0, 0.1) is 6.92 Å². The highest BCUT2D eigenvalue weighted by Gasteiger charge is 1.99. The predicted octanol–water partition coefficient (Wildman–Crippen LogP) is 4.20. The molecule has 1 aromatic heterocycles. The average molecular weight is 269 g/mol. The van der Waals surface area contributed by atoms with Crippen LogP contribution in [0.4, 0.5) is 0 Å². The minimum atomic E-state index is -0.673. The number of carboxylic acids is 1. The Bertz CT molecular complexity index is 349. The van der Waals surface area contributed by atoms with Gasteiger partial charge in [0.2, 0.25) is 0 Å². The van der Waals surface area contributed by atoms with Crippen LogP contribution in [0.15, 0.2) is 5.38 Å². The summed E-state index contributed by atoms with van der Waals surface area (Å²) >= 11 is 1.73. The quantitative estimate of drug-likeness (QED) is 0.648. The van der Waals surface area contributed by atoms with Gasteiger partial charge in [0.25, 0.3) is 0 Å². The van der Waals surface area contributed by atoms with Crippen molar-refractivity contribution in [2.45, 2.75) is 64.7 Å². The van der Waals surface area contributed by atoms with Gasteiger partial charge in [-0.25, -0.2) is 4.98 Å². The second-order valence-corrected chi connectivity index (χ2v) is 5.79. The second-order valence-electron chi connectivity index (χ2n) is 4.73. The first kappa shape index (κ1) is 15.2. The van der Waals surface area contributed by atoms with Crippen LogP contribution in [0.3, 0.4) is 0 Å². The van der Waals surface area contributed by atoms with Gasteiger partial charge in [0.1, 0.15) is 0 Å². The number of aliphatic carboxylic acids is 1. The van der Waals surface area contributed by atoms with Crippen LogP contribution in [-0.4, -0.2) is 16.1 Å². The van der Waals surface area contributed by atoms with E-state index in [0.717, 1.165) is 24.3 Å². The van der Waals surface area contributed by atoms with Crippen molar-refractivity contribution in [3.63, 3.8) is 0 Å². The summed E-state index contributed by atoms with van der Waals surface area (Å²) in [5, 5.41) is 11.8. The molecule has 0 atom stereocenters. The van der Waals surface area contributed by atoms with Crippen molar-refractivity contribution in [2.75, 3.05) is 0 Å². The Morgan fingerprint density at radius 2 is 1.78 bits per heavy atom. The van der Waals surface area contributed by atoms with Gasteiger partial charge in [-0.2, -0.15) is 0 Å². The third kappa shape index (κ3) is 7.43. The van der Waals surface area contributed by atoms with Crippen LogP contribution in [0.5, 0.6) is 0 Å². The maximum atomic E-state index is 10.3. The lowest BCUT2D eigenvalue weighted by atomic mass is 10.1. The standard InChI is InChI=1S/C14H23NO2S/c1-12-15-13(11-18-12)9-7-5-3-2-4-6-8-10-14(16)17/h11H,2-10H2,1H3,(H,16,17). The third-order valence-electron chi connectivity index (χ3n) is 2.99. The summed E-state index contributed by atoms with van der Waals surface area (Å²) in [5.41, 5.74) is 1.24. The van der Waals surface area contributed by atoms with E-state index in [4.69, 9.17) is 5.11 Å². The van der Waals surface area contributed by atoms with E-state index in [9.17, 15) is 4.79 Å². The molecule has 0 amide bonds. The van der Waals surface area contributed by atoms with Crippen molar-refractivity contribution in [3.8, 4) is 0 Å². The fourth-order valence-corrected chi connectivity index (χ4v) is 2.64. The van der Waals surface area contributed by atoms with E-state index < -0.39 is 5.97 Å². The van der Waals surface area contributed by atoms with E-state index in [0.29, 0.717) is 6.42 Å². The molecule has 0 aliphatic rings. The summed E-state index contributed by atoms with van der Waals surface area (Å²) in [6.07, 6.45) is 9.44. The molecule has 0 saturated carbocycles. The molecule has 0 spiro atoms. The highest BCUT2D eigenvalue weighted by atomic mass is 32.1. The smallest absolute Gasteiger partial charge is 0.303 e.